The van der Waals surface area contributed by atoms with Gasteiger partial charge < -0.3 is 0 Å². The van der Waals surface area contributed by atoms with Gasteiger partial charge in [-0.25, -0.2) is 0 Å². The molecule has 10 heavy (non-hydrogen) atoms. The largest absolute Gasteiger partial charge is 0.0581 e. The molecule has 0 bridgehead atoms. The lowest BCUT2D eigenvalue weighted by Gasteiger charge is -2.13. The van der Waals surface area contributed by atoms with Crippen molar-refractivity contribution in [1.29, 1.82) is 0 Å². The van der Waals surface area contributed by atoms with E-state index in [9.17, 15) is 0 Å². The lowest BCUT2D eigenvalue weighted by atomic mass is 9.92. The predicted molar refractivity (Wildman–Crippen MR) is 41.6 cm³/mol. The van der Waals surface area contributed by atoms with E-state index < -0.39 is 0 Å². The van der Waals surface area contributed by atoms with Crippen LogP contribution in [0.5, 0.6) is 0 Å². The molecular formula is C10H10. The van der Waals surface area contributed by atoms with Gasteiger partial charge in [0.25, 0.3) is 0 Å². The number of rotatable bonds is 0. The second kappa shape index (κ2) is 2.45. The van der Waals surface area contributed by atoms with Gasteiger partial charge in [-0.1, -0.05) is 18.2 Å². The number of hydrogen-bond acceptors (Lipinski definition) is 0. The Bertz CT molecular complexity index is 200. The molecule has 0 unspecified atom stereocenters. The summed E-state index contributed by atoms with van der Waals surface area (Å²) in [5.74, 6) is 0. The van der Waals surface area contributed by atoms with E-state index in [2.05, 4.69) is 24.6 Å². The molecule has 0 N–H and O–H groups in total. The Kier molecular flexibility index (Phi) is 1.46. The number of benzene rings is 1. The average molecular weight is 130 g/mol. The molecule has 2 radical (unpaired) electrons. The van der Waals surface area contributed by atoms with Crippen molar-refractivity contribution < 1.29 is 0 Å². The summed E-state index contributed by atoms with van der Waals surface area (Å²) in [6, 6.07) is 9.34. The van der Waals surface area contributed by atoms with E-state index in [1.807, 2.05) is 6.07 Å². The van der Waals surface area contributed by atoms with Crippen molar-refractivity contribution in [2.75, 3.05) is 0 Å². The minimum Gasteiger partial charge on any atom is -0.0581 e. The lowest BCUT2D eigenvalue weighted by molar-refractivity contribution is 0.775. The minimum absolute atomic E-state index is 1.24. The third kappa shape index (κ3) is 0.942. The van der Waals surface area contributed by atoms with Gasteiger partial charge in [-0.3, -0.25) is 0 Å². The summed E-state index contributed by atoms with van der Waals surface area (Å²) in [7, 11) is 0. The minimum atomic E-state index is 1.24. The van der Waals surface area contributed by atoms with Crippen LogP contribution in [0.25, 0.3) is 0 Å². The Hall–Kier alpha value is -0.780. The highest BCUT2D eigenvalue weighted by Gasteiger charge is 2.06. The van der Waals surface area contributed by atoms with Gasteiger partial charge >= 0.3 is 0 Å². The van der Waals surface area contributed by atoms with E-state index >= 15 is 0 Å². The highest BCUT2D eigenvalue weighted by molar-refractivity contribution is 5.34. The van der Waals surface area contributed by atoms with Crippen LogP contribution >= 0.6 is 0 Å². The van der Waals surface area contributed by atoms with Crippen LogP contribution in [0, 0.1) is 12.5 Å². The maximum Gasteiger partial charge on any atom is -0.00899 e. The molecule has 1 aliphatic rings. The van der Waals surface area contributed by atoms with Gasteiger partial charge in [-0.15, -0.1) is 0 Å². The van der Waals surface area contributed by atoms with Crippen molar-refractivity contribution in [2.45, 2.75) is 19.3 Å². The second-order valence-electron chi connectivity index (χ2n) is 2.72. The van der Waals surface area contributed by atoms with Crippen molar-refractivity contribution in [3.05, 3.63) is 41.8 Å². The van der Waals surface area contributed by atoms with E-state index in [0.29, 0.717) is 0 Å². The molecule has 0 aromatic heterocycles. The standard InChI is InChI=1S/C10H10/c1-2-6-10-8-4-3-7-9(10)5-1/h1,5-6,8H,3-4,7H2. The quantitative estimate of drug-likeness (QED) is 0.505. The van der Waals surface area contributed by atoms with Crippen LogP contribution in [-0.4, -0.2) is 0 Å². The van der Waals surface area contributed by atoms with Crippen LogP contribution in [-0.2, 0) is 6.42 Å². The van der Waals surface area contributed by atoms with Crippen LogP contribution in [0.2, 0.25) is 0 Å². The van der Waals surface area contributed by atoms with Crippen molar-refractivity contribution in [1.82, 2.24) is 0 Å². The maximum absolute atomic E-state index is 3.09. The fourth-order valence-electron chi connectivity index (χ4n) is 1.44. The first-order valence-electron chi connectivity index (χ1n) is 3.79. The van der Waals surface area contributed by atoms with Crippen LogP contribution in [0.3, 0.4) is 0 Å². The lowest BCUT2D eigenvalue weighted by Crippen LogP contribution is -1.99. The Labute approximate surface area is 61.9 Å². The molecule has 0 saturated heterocycles. The summed E-state index contributed by atoms with van der Waals surface area (Å²) < 4.78 is 0. The van der Waals surface area contributed by atoms with E-state index in [4.69, 9.17) is 0 Å². The molecule has 0 amide bonds. The van der Waals surface area contributed by atoms with E-state index in [-0.39, 0.29) is 0 Å². The summed E-state index contributed by atoms with van der Waals surface area (Å²) in [6.07, 6.45) is 6.11. The molecule has 0 heteroatoms. The normalized spacial score (nSPS) is 16.4. The molecule has 0 aliphatic heterocycles. The number of fused-ring (bicyclic) bond motifs is 1. The van der Waals surface area contributed by atoms with Crippen LogP contribution in [0.15, 0.2) is 18.2 Å². The molecule has 0 nitrogen and oxygen atoms in total. The first kappa shape index (κ1) is 5.96. The Morgan fingerprint density at radius 3 is 3.30 bits per heavy atom. The van der Waals surface area contributed by atoms with Gasteiger partial charge in [0.15, 0.2) is 0 Å². The highest BCUT2D eigenvalue weighted by Crippen LogP contribution is 2.21. The summed E-state index contributed by atoms with van der Waals surface area (Å²) in [4.78, 5) is 0. The fourth-order valence-corrected chi connectivity index (χ4v) is 1.44. The van der Waals surface area contributed by atoms with E-state index in [1.165, 1.54) is 30.4 Å². The van der Waals surface area contributed by atoms with Crippen LogP contribution < -0.4 is 0 Å². The summed E-state index contributed by atoms with van der Waals surface area (Å²) in [5.41, 5.74) is 2.89. The molecular weight excluding hydrogens is 120 g/mol. The summed E-state index contributed by atoms with van der Waals surface area (Å²) in [6.45, 7) is 0. The second-order valence-corrected chi connectivity index (χ2v) is 2.72. The zero-order valence-corrected chi connectivity index (χ0v) is 5.93. The number of aryl methyl sites for hydroxylation is 1. The summed E-state index contributed by atoms with van der Waals surface area (Å²) >= 11 is 0. The molecule has 0 heterocycles. The Balaban J connectivity index is 2.41. The van der Waals surface area contributed by atoms with Gasteiger partial charge in [-0.2, -0.15) is 0 Å². The fraction of sp³-hybridized carbons (Fsp3) is 0.300. The molecule has 0 spiro atoms. The molecule has 1 aliphatic carbocycles. The molecule has 1 aromatic carbocycles. The SMILES string of the molecule is [c]1ccc2c(c1)[CH]CCC2. The van der Waals surface area contributed by atoms with Crippen molar-refractivity contribution in [3.63, 3.8) is 0 Å². The zero-order valence-electron chi connectivity index (χ0n) is 5.93. The molecule has 0 saturated carbocycles. The molecule has 50 valence electrons. The predicted octanol–water partition coefficient (Wildman–Crippen LogP) is 2.38. The number of hydrogen-bond donors (Lipinski definition) is 0. The van der Waals surface area contributed by atoms with Crippen LogP contribution in [0.4, 0.5) is 0 Å². The average Bonchev–Trinajstić information content (AvgIpc) is 2.05. The molecule has 2 rings (SSSR count). The third-order valence-corrected chi connectivity index (χ3v) is 2.00. The van der Waals surface area contributed by atoms with E-state index in [1.54, 1.807) is 0 Å². The Morgan fingerprint density at radius 2 is 2.40 bits per heavy atom. The highest BCUT2D eigenvalue weighted by atomic mass is 14.1. The van der Waals surface area contributed by atoms with E-state index in [0.717, 1.165) is 0 Å². The van der Waals surface area contributed by atoms with Gasteiger partial charge in [0.2, 0.25) is 0 Å². The topological polar surface area (TPSA) is 0 Å². The van der Waals surface area contributed by atoms with Gasteiger partial charge in [-0.05, 0) is 42.9 Å². The van der Waals surface area contributed by atoms with Crippen molar-refractivity contribution in [2.24, 2.45) is 0 Å². The van der Waals surface area contributed by atoms with Crippen molar-refractivity contribution in [3.8, 4) is 0 Å². The molecule has 0 fully saturated rings. The Morgan fingerprint density at radius 1 is 1.40 bits per heavy atom. The summed E-state index contributed by atoms with van der Waals surface area (Å²) in [5, 5.41) is 0. The third-order valence-electron chi connectivity index (χ3n) is 2.00. The first-order chi connectivity index (χ1) is 4.97. The van der Waals surface area contributed by atoms with Crippen LogP contribution in [0.1, 0.15) is 24.0 Å². The molecule has 0 atom stereocenters. The first-order valence-corrected chi connectivity index (χ1v) is 3.79. The van der Waals surface area contributed by atoms with Gasteiger partial charge in [0.1, 0.15) is 0 Å². The monoisotopic (exact) mass is 130 g/mol. The maximum atomic E-state index is 3.09. The van der Waals surface area contributed by atoms with Gasteiger partial charge in [0.05, 0.1) is 0 Å². The molecule has 1 aromatic rings. The van der Waals surface area contributed by atoms with Gasteiger partial charge in [0, 0.05) is 0 Å². The zero-order chi connectivity index (χ0) is 6.81. The van der Waals surface area contributed by atoms with Crippen molar-refractivity contribution >= 4 is 0 Å². The smallest absolute Gasteiger partial charge is 0.00899 e.